The van der Waals surface area contributed by atoms with E-state index in [0.29, 0.717) is 18.9 Å². The second kappa shape index (κ2) is 6.43. The van der Waals surface area contributed by atoms with Crippen LogP contribution in [0.2, 0.25) is 0 Å². The van der Waals surface area contributed by atoms with E-state index < -0.39 is 11.1 Å². The highest BCUT2D eigenvalue weighted by molar-refractivity contribution is 5.84. The predicted molar refractivity (Wildman–Crippen MR) is 107 cm³/mol. The Labute approximate surface area is 170 Å². The maximum Gasteiger partial charge on any atom is 0.410 e. The summed E-state index contributed by atoms with van der Waals surface area (Å²) in [5, 5.41) is 11.7. The number of hydrogen-bond acceptors (Lipinski definition) is 5. The van der Waals surface area contributed by atoms with Crippen LogP contribution in [0.1, 0.15) is 46.0 Å². The number of aryl methyl sites for hydroxylation is 1. The number of carbonyl (C=O) groups excluding carboxylic acids is 2. The summed E-state index contributed by atoms with van der Waals surface area (Å²) >= 11 is 0. The van der Waals surface area contributed by atoms with E-state index in [0.717, 1.165) is 11.2 Å². The van der Waals surface area contributed by atoms with Gasteiger partial charge in [0.2, 0.25) is 5.91 Å². The molecule has 8 heteroatoms. The number of fused-ring (bicyclic) bond motifs is 2. The van der Waals surface area contributed by atoms with Gasteiger partial charge < -0.3 is 15.0 Å². The lowest BCUT2D eigenvalue weighted by atomic mass is 10.0. The molecule has 1 aliphatic carbocycles. The van der Waals surface area contributed by atoms with E-state index in [1.54, 1.807) is 4.90 Å². The van der Waals surface area contributed by atoms with Crippen molar-refractivity contribution in [1.29, 1.82) is 0 Å². The zero-order valence-electron chi connectivity index (χ0n) is 17.9. The Balaban J connectivity index is 1.40. The molecule has 0 radical (unpaired) electrons. The quantitative estimate of drug-likeness (QED) is 0.857. The first-order chi connectivity index (χ1) is 13.5. The smallest absolute Gasteiger partial charge is 0.410 e. The number of ether oxygens (including phenoxy) is 1. The topological polar surface area (TPSA) is 88.8 Å². The van der Waals surface area contributed by atoms with Crippen LogP contribution in [0.5, 0.6) is 0 Å². The Kier molecular flexibility index (Phi) is 4.36. The van der Waals surface area contributed by atoms with E-state index >= 15 is 0 Å². The lowest BCUT2D eigenvalue weighted by molar-refractivity contribution is -0.125. The second-order valence-corrected chi connectivity index (χ2v) is 9.76. The predicted octanol–water partition coefficient (Wildman–Crippen LogP) is 2.50. The molecule has 2 aliphatic rings. The summed E-state index contributed by atoms with van der Waals surface area (Å²) in [4.78, 5) is 26.9. The molecule has 2 amide bonds. The van der Waals surface area contributed by atoms with E-state index in [1.807, 2.05) is 64.3 Å². The molecule has 156 valence electrons. The molecule has 29 heavy (non-hydrogen) atoms. The van der Waals surface area contributed by atoms with Gasteiger partial charge in [0.15, 0.2) is 11.5 Å². The van der Waals surface area contributed by atoms with Gasteiger partial charge in [-0.25, -0.2) is 4.79 Å². The molecule has 0 bridgehead atoms. The van der Waals surface area contributed by atoms with E-state index in [-0.39, 0.29) is 29.8 Å². The molecule has 2 fully saturated rings. The van der Waals surface area contributed by atoms with Gasteiger partial charge in [-0.05, 0) is 65.0 Å². The van der Waals surface area contributed by atoms with E-state index in [2.05, 4.69) is 15.5 Å². The Morgan fingerprint density at radius 1 is 1.14 bits per heavy atom. The van der Waals surface area contributed by atoms with Gasteiger partial charge >= 0.3 is 6.09 Å². The number of likely N-dealkylation sites (tertiary alicyclic amines) is 1. The van der Waals surface area contributed by atoms with Crippen LogP contribution in [-0.2, 0) is 15.1 Å². The zero-order chi connectivity index (χ0) is 21.1. The highest BCUT2D eigenvalue weighted by atomic mass is 16.6. The van der Waals surface area contributed by atoms with Gasteiger partial charge in [-0.3, -0.25) is 9.20 Å². The summed E-state index contributed by atoms with van der Waals surface area (Å²) in [5.74, 6) is 1.06. The van der Waals surface area contributed by atoms with Crippen molar-refractivity contribution in [2.45, 2.75) is 52.7 Å². The summed E-state index contributed by atoms with van der Waals surface area (Å²) in [6.07, 6.45) is 1.62. The first kappa shape index (κ1) is 19.7. The first-order valence-electron chi connectivity index (χ1n) is 10.1. The largest absolute Gasteiger partial charge is 0.444 e. The summed E-state index contributed by atoms with van der Waals surface area (Å²) in [6, 6.07) is 3.94. The third-order valence-electron chi connectivity index (χ3n) is 5.77. The normalized spacial score (nSPS) is 23.8. The monoisotopic (exact) mass is 399 g/mol. The molecular formula is C21H29N5O3. The van der Waals surface area contributed by atoms with Crippen LogP contribution >= 0.6 is 0 Å². The molecule has 1 saturated heterocycles. The minimum absolute atomic E-state index is 0.0123. The van der Waals surface area contributed by atoms with Crippen molar-refractivity contribution in [1.82, 2.24) is 24.8 Å². The average Bonchev–Trinajstić information content (AvgIpc) is 2.96. The van der Waals surface area contributed by atoms with Crippen molar-refractivity contribution < 1.29 is 14.3 Å². The van der Waals surface area contributed by atoms with Crippen molar-refractivity contribution in [3.05, 3.63) is 29.7 Å². The number of rotatable bonds is 3. The van der Waals surface area contributed by atoms with Gasteiger partial charge in [-0.15, -0.1) is 10.2 Å². The Hall–Kier alpha value is -2.64. The lowest BCUT2D eigenvalue weighted by Gasteiger charge is -2.27. The van der Waals surface area contributed by atoms with Gasteiger partial charge in [0.1, 0.15) is 5.60 Å². The molecule has 0 spiro atoms. The Bertz CT molecular complexity index is 962. The third kappa shape index (κ3) is 3.56. The van der Waals surface area contributed by atoms with Crippen molar-refractivity contribution >= 4 is 17.6 Å². The molecule has 4 rings (SSSR count). The molecular weight excluding hydrogens is 370 g/mol. The first-order valence-corrected chi connectivity index (χ1v) is 10.1. The lowest BCUT2D eigenvalue weighted by Crippen LogP contribution is -2.45. The number of nitrogens with one attached hydrogen (secondary N) is 1. The highest BCUT2D eigenvalue weighted by Crippen LogP contribution is 2.52. The molecule has 3 heterocycles. The van der Waals surface area contributed by atoms with Gasteiger partial charge in [0, 0.05) is 25.2 Å². The number of carbonyl (C=O) groups is 2. The van der Waals surface area contributed by atoms with Gasteiger partial charge in [-0.2, -0.15) is 0 Å². The molecule has 0 aromatic carbocycles. The maximum absolute atomic E-state index is 12.9. The van der Waals surface area contributed by atoms with Gasteiger partial charge in [0.25, 0.3) is 0 Å². The molecule has 2 aromatic heterocycles. The molecule has 1 saturated carbocycles. The number of nitrogens with zero attached hydrogens (tertiary/aromatic N) is 4. The van der Waals surface area contributed by atoms with Crippen LogP contribution in [0.25, 0.3) is 5.65 Å². The van der Waals surface area contributed by atoms with Crippen LogP contribution in [-0.4, -0.2) is 50.2 Å². The number of piperidine rings is 1. The second-order valence-electron chi connectivity index (χ2n) is 9.76. The maximum atomic E-state index is 12.9. The van der Waals surface area contributed by atoms with Gasteiger partial charge in [0.05, 0.1) is 5.54 Å². The zero-order valence-corrected chi connectivity index (χ0v) is 17.9. The fourth-order valence-corrected chi connectivity index (χ4v) is 4.31. The number of amides is 2. The van der Waals surface area contributed by atoms with E-state index in [1.165, 1.54) is 0 Å². The standard InChI is InChI=1S/C21H29N5O3/c1-12-8-7-9-26-16(12)23-24-18(26)21(5,6)22-17(27)15-13-10-25(11-14(13)15)19(28)29-20(2,3)4/h7-9,13-15H,10-11H2,1-6H3,(H,22,27)/t13-,14+,15+. The van der Waals surface area contributed by atoms with Crippen molar-refractivity contribution in [2.24, 2.45) is 17.8 Å². The number of hydrogen-bond donors (Lipinski definition) is 1. The minimum Gasteiger partial charge on any atom is -0.444 e. The number of aromatic nitrogens is 3. The van der Waals surface area contributed by atoms with Crippen LogP contribution in [0, 0.1) is 24.7 Å². The van der Waals surface area contributed by atoms with Gasteiger partial charge in [-0.1, -0.05) is 6.07 Å². The SMILES string of the molecule is Cc1cccn2c(C(C)(C)NC(=O)[C@H]3[C@@H]4CN(C(=O)OC(C)(C)C)C[C@@H]43)nnc12. The Morgan fingerprint density at radius 2 is 1.79 bits per heavy atom. The third-order valence-corrected chi connectivity index (χ3v) is 5.77. The summed E-state index contributed by atoms with van der Waals surface area (Å²) in [7, 11) is 0. The van der Waals surface area contributed by atoms with Crippen molar-refractivity contribution in [3.8, 4) is 0 Å². The van der Waals surface area contributed by atoms with E-state index in [9.17, 15) is 9.59 Å². The minimum atomic E-state index is -0.661. The summed E-state index contributed by atoms with van der Waals surface area (Å²) in [5.41, 5.74) is 0.657. The summed E-state index contributed by atoms with van der Waals surface area (Å²) < 4.78 is 7.36. The summed E-state index contributed by atoms with van der Waals surface area (Å²) in [6.45, 7) is 12.6. The molecule has 0 unspecified atom stereocenters. The number of pyridine rings is 1. The Morgan fingerprint density at radius 3 is 2.41 bits per heavy atom. The fraction of sp³-hybridized carbons (Fsp3) is 0.619. The van der Waals surface area contributed by atoms with Crippen LogP contribution in [0.3, 0.4) is 0 Å². The fourth-order valence-electron chi connectivity index (χ4n) is 4.31. The van der Waals surface area contributed by atoms with E-state index in [4.69, 9.17) is 4.74 Å². The van der Waals surface area contributed by atoms with Crippen molar-refractivity contribution in [3.63, 3.8) is 0 Å². The molecule has 2 aromatic rings. The van der Waals surface area contributed by atoms with Crippen LogP contribution in [0.4, 0.5) is 4.79 Å². The molecule has 8 nitrogen and oxygen atoms in total. The average molecular weight is 399 g/mol. The molecule has 1 aliphatic heterocycles. The highest BCUT2D eigenvalue weighted by Gasteiger charge is 2.61. The van der Waals surface area contributed by atoms with Crippen molar-refractivity contribution in [2.75, 3.05) is 13.1 Å². The van der Waals surface area contributed by atoms with Crippen LogP contribution in [0.15, 0.2) is 18.3 Å². The van der Waals surface area contributed by atoms with Crippen LogP contribution < -0.4 is 5.32 Å². The molecule has 1 N–H and O–H groups in total. The molecule has 3 atom stereocenters.